The van der Waals surface area contributed by atoms with Crippen LogP contribution in [0.3, 0.4) is 0 Å². The Hall–Kier alpha value is -3.69. The van der Waals surface area contributed by atoms with Crippen molar-refractivity contribution in [3.8, 4) is 17.0 Å². The van der Waals surface area contributed by atoms with Crippen LogP contribution in [0.5, 0.6) is 5.75 Å². The largest absolute Gasteiger partial charge is 0.494 e. The molecule has 3 aromatic rings. The Balaban J connectivity index is 1.80. The first-order chi connectivity index (χ1) is 18.4. The predicted molar refractivity (Wildman–Crippen MR) is 140 cm³/mol. The molecule has 1 aliphatic heterocycles. The molecule has 0 saturated carbocycles. The van der Waals surface area contributed by atoms with Gasteiger partial charge in [-0.3, -0.25) is 9.71 Å². The van der Waals surface area contributed by atoms with Crippen molar-refractivity contribution in [1.29, 1.82) is 0 Å². The minimum Gasteiger partial charge on any atom is -0.494 e. The molecule has 1 unspecified atom stereocenters. The zero-order chi connectivity index (χ0) is 28.5. The number of nitrogens with zero attached hydrogens (tertiary/aromatic N) is 3. The maximum absolute atomic E-state index is 14.9. The second-order valence-corrected chi connectivity index (χ2v) is 10.3. The summed E-state index contributed by atoms with van der Waals surface area (Å²) in [5.74, 6) is -2.00. The van der Waals surface area contributed by atoms with Crippen LogP contribution in [-0.2, 0) is 11.0 Å². The van der Waals surface area contributed by atoms with Gasteiger partial charge in [0.05, 0.1) is 46.5 Å². The van der Waals surface area contributed by atoms with E-state index in [1.165, 1.54) is 31.6 Å². The molecule has 0 spiro atoms. The van der Waals surface area contributed by atoms with E-state index in [9.17, 15) is 26.9 Å². The molecule has 210 valence electrons. The minimum absolute atomic E-state index is 0.00616. The fourth-order valence-corrected chi connectivity index (χ4v) is 5.47. The van der Waals surface area contributed by atoms with Gasteiger partial charge in [0.25, 0.3) is 6.43 Å². The number of aliphatic hydroxyl groups is 1. The van der Waals surface area contributed by atoms with Crippen LogP contribution < -0.4 is 31.6 Å². The number of benzene rings is 1. The lowest BCUT2D eigenvalue weighted by atomic mass is 9.84. The number of nitrogens with one attached hydrogen (secondary N) is 1. The van der Waals surface area contributed by atoms with E-state index in [1.807, 2.05) is 0 Å². The summed E-state index contributed by atoms with van der Waals surface area (Å²) in [5, 5.41) is 10.1. The number of hydrogen-bond donors (Lipinski definition) is 5. The van der Waals surface area contributed by atoms with E-state index in [1.54, 1.807) is 4.90 Å². The van der Waals surface area contributed by atoms with Crippen LogP contribution in [0.4, 0.5) is 40.4 Å². The Labute approximate surface area is 223 Å². The Kier molecular flexibility index (Phi) is 8.13. The maximum Gasteiger partial charge on any atom is 0.265 e. The van der Waals surface area contributed by atoms with Crippen molar-refractivity contribution in [3.05, 3.63) is 48.3 Å². The van der Waals surface area contributed by atoms with E-state index in [2.05, 4.69) is 14.7 Å². The van der Waals surface area contributed by atoms with Gasteiger partial charge in [0.2, 0.25) is 0 Å². The summed E-state index contributed by atoms with van der Waals surface area (Å²) in [6.07, 6.45) is -2.10. The molecule has 0 bridgehead atoms. The molecule has 3 atom stereocenters. The van der Waals surface area contributed by atoms with Gasteiger partial charge in [-0.1, -0.05) is 0 Å². The van der Waals surface area contributed by atoms with Crippen molar-refractivity contribution >= 4 is 33.9 Å². The zero-order valence-corrected chi connectivity index (χ0v) is 21.5. The molecule has 4 rings (SSSR count). The molecule has 0 radical (unpaired) electrons. The molecule has 1 aromatic carbocycles. The highest BCUT2D eigenvalue weighted by Crippen LogP contribution is 2.36. The fraction of sp³-hybridized carbons (Fsp3) is 0.333. The van der Waals surface area contributed by atoms with Crippen LogP contribution in [0, 0.1) is 11.6 Å². The first-order valence-electron chi connectivity index (χ1n) is 11.7. The molecule has 2 aromatic heterocycles. The Bertz CT molecular complexity index is 1400. The SMILES string of the molecule is COc1cc(F)c(-c2cc(S(=O)Nc3ccnc(N)c3N)c(N3CCC[C@](N)([C@H](O)C(F)F)C3)cn2)cc1F. The van der Waals surface area contributed by atoms with Gasteiger partial charge in [-0.05, 0) is 31.0 Å². The highest BCUT2D eigenvalue weighted by Gasteiger charge is 2.43. The van der Waals surface area contributed by atoms with Crippen molar-refractivity contribution in [3.63, 3.8) is 0 Å². The third kappa shape index (κ3) is 5.69. The average molecular weight is 570 g/mol. The lowest BCUT2D eigenvalue weighted by Crippen LogP contribution is -2.63. The first kappa shape index (κ1) is 28.3. The second-order valence-electron chi connectivity index (χ2n) is 9.07. The van der Waals surface area contributed by atoms with Crippen LogP contribution in [0.2, 0.25) is 0 Å². The number of aromatic nitrogens is 2. The summed E-state index contributed by atoms with van der Waals surface area (Å²) < 4.78 is 77.1. The topological polar surface area (TPSA) is 166 Å². The molecule has 3 heterocycles. The summed E-state index contributed by atoms with van der Waals surface area (Å²) in [6.45, 7) is 0.107. The highest BCUT2D eigenvalue weighted by molar-refractivity contribution is 7.86. The Morgan fingerprint density at radius 1 is 1.21 bits per heavy atom. The molecular formula is C24H27F4N7O3S. The van der Waals surface area contributed by atoms with Gasteiger partial charge in [0.15, 0.2) is 22.6 Å². The zero-order valence-electron chi connectivity index (χ0n) is 20.7. The number of ether oxygens (including phenoxy) is 1. The van der Waals surface area contributed by atoms with Crippen LogP contribution in [-0.4, -0.2) is 57.6 Å². The quantitative estimate of drug-likeness (QED) is 0.256. The molecule has 0 aliphatic carbocycles. The van der Waals surface area contributed by atoms with Crippen molar-refractivity contribution in [1.82, 2.24) is 9.97 Å². The van der Waals surface area contributed by atoms with Gasteiger partial charge in [-0.25, -0.2) is 26.8 Å². The van der Waals surface area contributed by atoms with Gasteiger partial charge in [-0.15, -0.1) is 0 Å². The van der Waals surface area contributed by atoms with E-state index in [-0.39, 0.29) is 57.7 Å². The average Bonchev–Trinajstić information content (AvgIpc) is 2.91. The molecule has 1 aliphatic rings. The van der Waals surface area contributed by atoms with E-state index >= 15 is 0 Å². The number of methoxy groups -OCH3 is 1. The van der Waals surface area contributed by atoms with Crippen LogP contribution >= 0.6 is 0 Å². The molecule has 15 heteroatoms. The number of halogens is 4. The lowest BCUT2D eigenvalue weighted by molar-refractivity contribution is -0.0529. The van der Waals surface area contributed by atoms with Crippen LogP contribution in [0.15, 0.2) is 41.6 Å². The number of nitrogens with two attached hydrogens (primary N) is 3. The van der Waals surface area contributed by atoms with E-state index in [4.69, 9.17) is 21.9 Å². The predicted octanol–water partition coefficient (Wildman–Crippen LogP) is 2.65. The van der Waals surface area contributed by atoms with E-state index in [0.29, 0.717) is 13.0 Å². The maximum atomic E-state index is 14.9. The van der Waals surface area contributed by atoms with Crippen molar-refractivity contribution < 1.29 is 31.6 Å². The Morgan fingerprint density at radius 3 is 2.64 bits per heavy atom. The van der Waals surface area contributed by atoms with Crippen molar-refractivity contribution in [2.45, 2.75) is 35.8 Å². The van der Waals surface area contributed by atoms with Gasteiger partial charge >= 0.3 is 0 Å². The molecule has 39 heavy (non-hydrogen) atoms. The number of piperidine rings is 1. The van der Waals surface area contributed by atoms with Gasteiger partial charge in [0.1, 0.15) is 17.7 Å². The van der Waals surface area contributed by atoms with Crippen molar-refractivity contribution in [2.75, 3.05) is 41.3 Å². The van der Waals surface area contributed by atoms with Gasteiger partial charge < -0.3 is 31.9 Å². The van der Waals surface area contributed by atoms with Crippen LogP contribution in [0.1, 0.15) is 12.8 Å². The summed E-state index contributed by atoms with van der Waals surface area (Å²) in [6, 6.07) is 4.46. The van der Waals surface area contributed by atoms with Gasteiger partial charge in [-0.2, -0.15) is 0 Å². The number of nitrogen functional groups attached to an aromatic ring is 2. The molecular weight excluding hydrogens is 542 g/mol. The normalized spacial score (nSPS) is 19.1. The number of hydrogen-bond acceptors (Lipinski definition) is 9. The smallest absolute Gasteiger partial charge is 0.265 e. The number of pyridine rings is 2. The Morgan fingerprint density at radius 2 is 1.95 bits per heavy atom. The summed E-state index contributed by atoms with van der Waals surface area (Å²) in [7, 11) is -0.909. The van der Waals surface area contributed by atoms with Crippen molar-refractivity contribution in [2.24, 2.45) is 5.73 Å². The number of aliphatic hydroxyl groups excluding tert-OH is 1. The highest BCUT2D eigenvalue weighted by atomic mass is 32.2. The summed E-state index contributed by atoms with van der Waals surface area (Å²) in [4.78, 5) is 9.69. The molecule has 10 nitrogen and oxygen atoms in total. The third-order valence-electron chi connectivity index (χ3n) is 6.51. The standard InChI is InChI=1S/C24H27F4N7O3S/c1-38-18-8-13(25)12(7-14(18)26)16-9-19(39(37)34-15-3-5-32-23(30)20(15)29)17(10-33-16)35-6-2-4-24(31,11-35)21(36)22(27)28/h3,5,7-10,21-22,36H,2,4,6,11,29,31H2,1H3,(H3,30,32,34)/t21-,24-,39?/m1/s1. The number of anilines is 4. The second kappa shape index (κ2) is 11.2. The fourth-order valence-electron chi connectivity index (χ4n) is 4.39. The lowest BCUT2D eigenvalue weighted by Gasteiger charge is -2.44. The van der Waals surface area contributed by atoms with E-state index in [0.717, 1.165) is 12.1 Å². The monoisotopic (exact) mass is 569 g/mol. The number of rotatable bonds is 8. The summed E-state index contributed by atoms with van der Waals surface area (Å²) in [5.41, 5.74) is 16.3. The summed E-state index contributed by atoms with van der Waals surface area (Å²) >= 11 is 0. The van der Waals surface area contributed by atoms with Gasteiger partial charge in [0, 0.05) is 30.9 Å². The van der Waals surface area contributed by atoms with E-state index < -0.39 is 40.7 Å². The molecule has 1 fully saturated rings. The van der Waals surface area contributed by atoms with Crippen LogP contribution in [0.25, 0.3) is 11.3 Å². The number of alkyl halides is 2. The minimum atomic E-state index is -3.07. The first-order valence-corrected chi connectivity index (χ1v) is 12.8. The third-order valence-corrected chi connectivity index (χ3v) is 7.64. The molecule has 1 saturated heterocycles. The molecule has 8 N–H and O–H groups in total. The molecule has 0 amide bonds.